The van der Waals surface area contributed by atoms with Crippen LogP contribution in [0.3, 0.4) is 0 Å². The van der Waals surface area contributed by atoms with Crippen LogP contribution >= 0.6 is 23.2 Å². The van der Waals surface area contributed by atoms with Gasteiger partial charge >= 0.3 is 0 Å². The summed E-state index contributed by atoms with van der Waals surface area (Å²) in [5.74, 6) is 1.30. The van der Waals surface area contributed by atoms with E-state index in [1.807, 2.05) is 146 Å². The number of ether oxygens (including phenoxy) is 16. The summed E-state index contributed by atoms with van der Waals surface area (Å²) in [6.07, 6.45) is 0. The van der Waals surface area contributed by atoms with Crippen molar-refractivity contribution in [3.05, 3.63) is 172 Å². The summed E-state index contributed by atoms with van der Waals surface area (Å²) in [4.78, 5) is 17.4. The summed E-state index contributed by atoms with van der Waals surface area (Å²) >= 11 is 14.9. The second-order valence-electron chi connectivity index (χ2n) is 20.3. The Labute approximate surface area is 549 Å². The smallest absolute Gasteiger partial charge is 0.263 e. The Balaban J connectivity index is 1.22. The Bertz CT molecular complexity index is 3200. The van der Waals surface area contributed by atoms with Gasteiger partial charge in [0.15, 0.2) is 0 Å². The van der Waals surface area contributed by atoms with Crippen LogP contribution in [0.2, 0.25) is 10.0 Å². The first kappa shape index (κ1) is 71.0. The third-order valence-electron chi connectivity index (χ3n) is 14.0. The molecule has 0 aliphatic carbocycles. The van der Waals surface area contributed by atoms with Crippen LogP contribution in [-0.2, 0) is 62.6 Å². The third-order valence-corrected chi connectivity index (χ3v) is 14.7. The van der Waals surface area contributed by atoms with Crippen molar-refractivity contribution in [2.45, 2.75) is 5.79 Å². The Morgan fingerprint density at radius 1 is 0.326 bits per heavy atom. The molecule has 8 rings (SSSR count). The molecule has 1 aliphatic heterocycles. The number of methoxy groups -OCH3 is 4. The van der Waals surface area contributed by atoms with Gasteiger partial charge in [-0.05, 0) is 115 Å². The van der Waals surface area contributed by atoms with Crippen molar-refractivity contribution in [3.63, 3.8) is 0 Å². The SMILES string of the molecule is COCCOCCOCCOc1ccc(C2=NC(c3ccccc3Cl)(n3c(-c4ccccc4Cl)nc(-c4ccc(OCCOCCOCCOC)cc4)c3-c3ccc(OCCOCCOCCOC)cc3)N=C2c2ccc(OCCOCCOCCOC)cc2)cc1. The number of aliphatic imine (C=N–C) groups is 2. The standard InChI is InChI=1S/C70H84Cl2N4O16/c1-77-29-33-81-37-41-85-45-49-89-57-21-13-53(14-22-57)65-66(54-15-23-58(24-16-54)90-50-46-86-42-38-82-34-30-78-2)75-70(74-65,62-10-6-8-12-64(62)72)76-68(56-19-27-60(28-20-56)92-52-48-88-44-40-84-36-32-80-4)67(73-69(76)61-9-5-7-11-63(61)71)55-17-25-59(26-18-55)91-51-47-87-43-39-83-35-31-79-3/h5-28H,29-52H2,1-4H3. The zero-order valence-electron chi connectivity index (χ0n) is 52.9. The molecular formula is C70H84Cl2N4O16. The lowest BCUT2D eigenvalue weighted by molar-refractivity contribution is 0.0180. The molecule has 0 bridgehead atoms. The van der Waals surface area contributed by atoms with Gasteiger partial charge in [0.05, 0.1) is 165 Å². The van der Waals surface area contributed by atoms with E-state index in [0.717, 1.165) is 22.3 Å². The Morgan fingerprint density at radius 3 is 0.978 bits per heavy atom. The number of hydrogen-bond acceptors (Lipinski definition) is 19. The van der Waals surface area contributed by atoms with Gasteiger partial charge in [-0.3, -0.25) is 4.57 Å². The van der Waals surface area contributed by atoms with Crippen molar-refractivity contribution in [1.82, 2.24) is 9.55 Å². The predicted molar refractivity (Wildman–Crippen MR) is 354 cm³/mol. The van der Waals surface area contributed by atoms with Crippen LogP contribution in [0.4, 0.5) is 0 Å². The molecule has 0 atom stereocenters. The van der Waals surface area contributed by atoms with Crippen LogP contribution in [0.25, 0.3) is 33.9 Å². The molecule has 0 spiro atoms. The van der Waals surface area contributed by atoms with E-state index >= 15 is 0 Å². The fourth-order valence-corrected chi connectivity index (χ4v) is 9.98. The monoisotopic (exact) mass is 1310 g/mol. The van der Waals surface area contributed by atoms with E-state index < -0.39 is 5.79 Å². The average molecular weight is 1310 g/mol. The molecule has 0 N–H and O–H groups in total. The van der Waals surface area contributed by atoms with E-state index in [1.165, 1.54) is 0 Å². The first-order valence-electron chi connectivity index (χ1n) is 30.7. The summed E-state index contributed by atoms with van der Waals surface area (Å²) in [5.41, 5.74) is 6.57. The molecule has 0 saturated carbocycles. The van der Waals surface area contributed by atoms with Gasteiger partial charge in [0, 0.05) is 61.8 Å². The van der Waals surface area contributed by atoms with Crippen LogP contribution in [0.15, 0.2) is 156 Å². The Hall–Kier alpha value is -6.83. The summed E-state index contributed by atoms with van der Waals surface area (Å²) < 4.78 is 92.5. The van der Waals surface area contributed by atoms with E-state index in [-0.39, 0.29) is 0 Å². The Morgan fingerprint density at radius 2 is 0.630 bits per heavy atom. The quantitative estimate of drug-likeness (QED) is 0.0327. The molecule has 1 aromatic heterocycles. The van der Waals surface area contributed by atoms with Gasteiger partial charge in [-0.2, -0.15) is 0 Å². The molecule has 0 saturated heterocycles. The molecule has 6 aromatic carbocycles. The van der Waals surface area contributed by atoms with Gasteiger partial charge in [-0.25, -0.2) is 15.0 Å². The van der Waals surface area contributed by atoms with E-state index in [1.54, 1.807) is 28.4 Å². The number of imidazole rings is 1. The largest absolute Gasteiger partial charge is 0.491 e. The maximum atomic E-state index is 7.54. The zero-order chi connectivity index (χ0) is 64.3. The first-order chi connectivity index (χ1) is 45.4. The number of rotatable bonds is 47. The van der Waals surface area contributed by atoms with Gasteiger partial charge in [-0.1, -0.05) is 53.5 Å². The van der Waals surface area contributed by atoms with Gasteiger partial charge in [0.1, 0.15) is 55.2 Å². The molecule has 20 nitrogen and oxygen atoms in total. The molecule has 0 amide bonds. The van der Waals surface area contributed by atoms with Gasteiger partial charge in [-0.15, -0.1) is 0 Å². The molecule has 1 aliphatic rings. The molecule has 0 radical (unpaired) electrons. The summed E-state index contributed by atoms with van der Waals surface area (Å²) in [6, 6.07) is 46.4. The summed E-state index contributed by atoms with van der Waals surface area (Å²) in [7, 11) is 6.56. The van der Waals surface area contributed by atoms with Gasteiger partial charge in [0.2, 0.25) is 0 Å². The second kappa shape index (κ2) is 40.3. The van der Waals surface area contributed by atoms with Crippen LogP contribution in [0.1, 0.15) is 16.7 Å². The van der Waals surface area contributed by atoms with Crippen molar-refractivity contribution < 1.29 is 75.8 Å². The van der Waals surface area contributed by atoms with Crippen LogP contribution in [0.5, 0.6) is 23.0 Å². The topological polar surface area (TPSA) is 190 Å². The molecule has 0 fully saturated rings. The molecule has 0 unspecified atom stereocenters. The molecule has 7 aromatic rings. The van der Waals surface area contributed by atoms with E-state index in [2.05, 4.69) is 4.57 Å². The fourth-order valence-electron chi connectivity index (χ4n) is 9.50. The zero-order valence-corrected chi connectivity index (χ0v) is 54.4. The Kier molecular flexibility index (Phi) is 31.1. The molecular weight excluding hydrogens is 1220 g/mol. The van der Waals surface area contributed by atoms with Crippen molar-refractivity contribution in [2.75, 3.05) is 187 Å². The van der Waals surface area contributed by atoms with Gasteiger partial charge < -0.3 is 75.8 Å². The maximum absolute atomic E-state index is 7.54. The van der Waals surface area contributed by atoms with E-state index in [0.29, 0.717) is 231 Å². The molecule has 494 valence electrons. The molecule has 2 heterocycles. The minimum absolute atomic E-state index is 0.312. The number of benzene rings is 6. The second-order valence-corrected chi connectivity index (χ2v) is 21.2. The number of nitrogens with zero attached hydrogens (tertiary/aromatic N) is 4. The highest BCUT2D eigenvalue weighted by molar-refractivity contribution is 6.54. The van der Waals surface area contributed by atoms with Crippen LogP contribution in [-0.4, -0.2) is 208 Å². The lowest BCUT2D eigenvalue weighted by Crippen LogP contribution is -2.31. The van der Waals surface area contributed by atoms with Crippen LogP contribution < -0.4 is 18.9 Å². The highest BCUT2D eigenvalue weighted by Gasteiger charge is 2.46. The lowest BCUT2D eigenvalue weighted by Gasteiger charge is -2.30. The predicted octanol–water partition coefficient (Wildman–Crippen LogP) is 11.1. The summed E-state index contributed by atoms with van der Waals surface area (Å²) in [6.45, 7) is 10.4. The van der Waals surface area contributed by atoms with E-state index in [9.17, 15) is 0 Å². The highest BCUT2D eigenvalue weighted by atomic mass is 35.5. The number of aromatic nitrogens is 2. The normalized spacial score (nSPS) is 12.7. The third kappa shape index (κ3) is 21.6. The highest BCUT2D eigenvalue weighted by Crippen LogP contribution is 2.49. The van der Waals surface area contributed by atoms with Crippen molar-refractivity contribution in [2.24, 2.45) is 9.98 Å². The van der Waals surface area contributed by atoms with Gasteiger partial charge in [0.25, 0.3) is 5.79 Å². The number of hydrogen-bond donors (Lipinski definition) is 0. The lowest BCUT2D eigenvalue weighted by atomic mass is 10.00. The van der Waals surface area contributed by atoms with E-state index in [4.69, 9.17) is 114 Å². The molecule has 92 heavy (non-hydrogen) atoms. The minimum Gasteiger partial charge on any atom is -0.491 e. The molecule has 22 heteroatoms. The van der Waals surface area contributed by atoms with Crippen molar-refractivity contribution in [1.29, 1.82) is 0 Å². The number of halogens is 2. The maximum Gasteiger partial charge on any atom is 0.263 e. The minimum atomic E-state index is -1.71. The van der Waals surface area contributed by atoms with Crippen LogP contribution in [0, 0.1) is 0 Å². The average Bonchev–Trinajstić information content (AvgIpc) is 1.54. The van der Waals surface area contributed by atoms with Crippen molar-refractivity contribution in [3.8, 4) is 56.9 Å². The fraction of sp³-hybridized carbons (Fsp3) is 0.414. The first-order valence-corrected chi connectivity index (χ1v) is 31.5. The summed E-state index contributed by atoms with van der Waals surface area (Å²) in [5, 5.41) is 0.855. The van der Waals surface area contributed by atoms with Crippen molar-refractivity contribution >= 4 is 34.6 Å².